The fourth-order valence-electron chi connectivity index (χ4n) is 3.17. The Bertz CT molecular complexity index is 899. The second kappa shape index (κ2) is 11.6. The van der Waals surface area contributed by atoms with Crippen LogP contribution in [0.5, 0.6) is 0 Å². The number of benzene rings is 1. The zero-order chi connectivity index (χ0) is 23.7. The van der Waals surface area contributed by atoms with Gasteiger partial charge in [-0.05, 0) is 30.7 Å². The number of methoxy groups -OCH3 is 1. The van der Waals surface area contributed by atoms with E-state index in [2.05, 4.69) is 5.32 Å². The summed E-state index contributed by atoms with van der Waals surface area (Å²) < 4.78 is 46.7. The van der Waals surface area contributed by atoms with Crippen LogP contribution in [0.15, 0.2) is 42.6 Å². The molecule has 176 valence electrons. The molecule has 0 bridgehead atoms. The lowest BCUT2D eigenvalue weighted by molar-refractivity contribution is -0.137. The van der Waals surface area contributed by atoms with Gasteiger partial charge < -0.3 is 24.4 Å². The van der Waals surface area contributed by atoms with Gasteiger partial charge >= 0.3 is 12.2 Å². The molecule has 0 saturated heterocycles. The number of ether oxygens (including phenoxy) is 1. The number of carbonyl (C=O) groups is 2. The molecule has 0 aliphatic rings. The number of hydrogen-bond donors (Lipinski definition) is 1. The van der Waals surface area contributed by atoms with Crippen molar-refractivity contribution < 1.29 is 27.5 Å². The van der Waals surface area contributed by atoms with Crippen molar-refractivity contribution in [2.45, 2.75) is 26.1 Å². The molecule has 2 aromatic rings. The number of hydrogen-bond acceptors (Lipinski definition) is 3. The van der Waals surface area contributed by atoms with E-state index in [9.17, 15) is 22.8 Å². The molecule has 0 fully saturated rings. The maximum Gasteiger partial charge on any atom is 0.418 e. The van der Waals surface area contributed by atoms with Crippen LogP contribution < -0.4 is 5.32 Å². The number of para-hydroxylation sites is 1. The van der Waals surface area contributed by atoms with Gasteiger partial charge in [0.1, 0.15) is 6.54 Å². The summed E-state index contributed by atoms with van der Waals surface area (Å²) in [7, 11) is 3.39. The number of nitrogens with one attached hydrogen (secondary N) is 1. The Morgan fingerprint density at radius 3 is 2.41 bits per heavy atom. The lowest BCUT2D eigenvalue weighted by atomic mass is 10.1. The van der Waals surface area contributed by atoms with Crippen LogP contribution in [0, 0.1) is 0 Å². The highest BCUT2D eigenvalue weighted by molar-refractivity contribution is 5.93. The summed E-state index contributed by atoms with van der Waals surface area (Å²) in [4.78, 5) is 28.6. The maximum atomic E-state index is 13.3. The molecule has 32 heavy (non-hydrogen) atoms. The van der Waals surface area contributed by atoms with Gasteiger partial charge in [0, 0.05) is 39.1 Å². The summed E-state index contributed by atoms with van der Waals surface area (Å²) in [6.45, 7) is 2.73. The largest absolute Gasteiger partial charge is 0.418 e. The topological polar surface area (TPSA) is 66.8 Å². The van der Waals surface area contributed by atoms with Crippen molar-refractivity contribution in [1.29, 1.82) is 0 Å². The van der Waals surface area contributed by atoms with Crippen molar-refractivity contribution >= 4 is 17.6 Å². The molecule has 7 nitrogen and oxygen atoms in total. The minimum atomic E-state index is -4.61. The molecule has 0 radical (unpaired) electrons. The van der Waals surface area contributed by atoms with E-state index in [1.807, 2.05) is 36.9 Å². The van der Waals surface area contributed by atoms with Crippen LogP contribution in [-0.4, -0.2) is 59.7 Å². The average molecular weight is 454 g/mol. The molecule has 0 spiro atoms. The number of aromatic nitrogens is 1. The highest BCUT2D eigenvalue weighted by Crippen LogP contribution is 2.34. The van der Waals surface area contributed by atoms with E-state index < -0.39 is 17.8 Å². The van der Waals surface area contributed by atoms with Gasteiger partial charge in [-0.2, -0.15) is 13.2 Å². The second-order valence-electron chi connectivity index (χ2n) is 7.31. The third-order valence-electron chi connectivity index (χ3n) is 4.90. The lowest BCUT2D eigenvalue weighted by Gasteiger charge is -2.28. The fourth-order valence-corrected chi connectivity index (χ4v) is 3.17. The van der Waals surface area contributed by atoms with Crippen molar-refractivity contribution in [3.05, 3.63) is 53.9 Å². The van der Waals surface area contributed by atoms with Gasteiger partial charge in [-0.3, -0.25) is 4.79 Å². The number of nitrogens with zero attached hydrogens (tertiary/aromatic N) is 3. The van der Waals surface area contributed by atoms with E-state index in [0.717, 1.165) is 11.8 Å². The monoisotopic (exact) mass is 454 g/mol. The average Bonchev–Trinajstić information content (AvgIpc) is 3.14. The van der Waals surface area contributed by atoms with Gasteiger partial charge in [0.15, 0.2) is 0 Å². The molecule has 1 N–H and O–H groups in total. The van der Waals surface area contributed by atoms with E-state index in [0.29, 0.717) is 26.1 Å². The Hall–Kier alpha value is -3.01. The zero-order valence-corrected chi connectivity index (χ0v) is 18.5. The summed E-state index contributed by atoms with van der Waals surface area (Å²) in [6.07, 6.45) is -2.21. The van der Waals surface area contributed by atoms with Crippen molar-refractivity contribution in [3.8, 4) is 0 Å². The van der Waals surface area contributed by atoms with E-state index in [1.165, 1.54) is 30.2 Å². The van der Waals surface area contributed by atoms with Crippen molar-refractivity contribution in [3.63, 3.8) is 0 Å². The Kier molecular flexibility index (Phi) is 9.13. The van der Waals surface area contributed by atoms with Crippen LogP contribution in [0.1, 0.15) is 24.6 Å². The smallest absolute Gasteiger partial charge is 0.383 e. The highest BCUT2D eigenvalue weighted by Gasteiger charge is 2.34. The third kappa shape index (κ3) is 7.01. The zero-order valence-electron chi connectivity index (χ0n) is 18.5. The predicted molar refractivity (Wildman–Crippen MR) is 115 cm³/mol. The Morgan fingerprint density at radius 2 is 1.81 bits per heavy atom. The number of alkyl halides is 3. The van der Waals surface area contributed by atoms with Crippen LogP contribution in [-0.2, 0) is 29.3 Å². The summed E-state index contributed by atoms with van der Waals surface area (Å²) in [5, 5.41) is 2.31. The molecule has 0 saturated carbocycles. The Morgan fingerprint density at radius 1 is 1.09 bits per heavy atom. The molecule has 3 amide bonds. The molecule has 0 aliphatic carbocycles. The first-order valence-electron chi connectivity index (χ1n) is 10.3. The first-order valence-corrected chi connectivity index (χ1v) is 10.3. The Labute approximate surface area is 185 Å². The van der Waals surface area contributed by atoms with Gasteiger partial charge in [-0.15, -0.1) is 0 Å². The normalized spacial score (nSPS) is 11.3. The number of halogens is 3. The van der Waals surface area contributed by atoms with E-state index in [1.54, 1.807) is 4.90 Å². The van der Waals surface area contributed by atoms with Gasteiger partial charge in [0.05, 0.1) is 24.4 Å². The quantitative estimate of drug-likeness (QED) is 0.591. The standard InChI is InChI=1S/C22H29F3N4O3/c1-4-11-29(21(31)26-19-10-6-5-9-18(19)22(23,24)25)16-20(30)28(13-14-32-3)15-17-8-7-12-27(17)2/h5-10,12H,4,11,13-16H2,1-3H3,(H,26,31). The molecule has 0 unspecified atom stereocenters. The second-order valence-corrected chi connectivity index (χ2v) is 7.31. The number of amides is 3. The molecule has 1 aromatic heterocycles. The predicted octanol–water partition coefficient (Wildman–Crippen LogP) is 3.96. The molecule has 2 rings (SSSR count). The molecular weight excluding hydrogens is 425 g/mol. The molecule has 10 heteroatoms. The number of anilines is 1. The van der Waals surface area contributed by atoms with Crippen LogP contribution in [0.3, 0.4) is 0 Å². The number of aryl methyl sites for hydroxylation is 1. The summed E-state index contributed by atoms with van der Waals surface area (Å²) in [5.41, 5.74) is -0.389. The number of carbonyl (C=O) groups excluding carboxylic acids is 2. The van der Waals surface area contributed by atoms with Crippen LogP contribution in [0.4, 0.5) is 23.7 Å². The minimum absolute atomic E-state index is 0.216. The van der Waals surface area contributed by atoms with Gasteiger partial charge in [0.2, 0.25) is 5.91 Å². The van der Waals surface area contributed by atoms with Crippen molar-refractivity contribution in [1.82, 2.24) is 14.4 Å². The summed E-state index contributed by atoms with van der Waals surface area (Å²) in [6, 6.07) is 7.74. The summed E-state index contributed by atoms with van der Waals surface area (Å²) >= 11 is 0. The third-order valence-corrected chi connectivity index (χ3v) is 4.90. The van der Waals surface area contributed by atoms with Crippen LogP contribution >= 0.6 is 0 Å². The van der Waals surface area contributed by atoms with Gasteiger partial charge in [0.25, 0.3) is 0 Å². The van der Waals surface area contributed by atoms with Crippen LogP contribution in [0.2, 0.25) is 0 Å². The number of rotatable bonds is 10. The lowest BCUT2D eigenvalue weighted by Crippen LogP contribution is -2.45. The highest BCUT2D eigenvalue weighted by atomic mass is 19.4. The molecule has 1 aromatic carbocycles. The van der Waals surface area contributed by atoms with E-state index in [4.69, 9.17) is 4.74 Å². The molecule has 1 heterocycles. The Balaban J connectivity index is 2.15. The van der Waals surface area contributed by atoms with Crippen LogP contribution in [0.25, 0.3) is 0 Å². The van der Waals surface area contributed by atoms with Gasteiger partial charge in [-0.1, -0.05) is 19.1 Å². The van der Waals surface area contributed by atoms with Gasteiger partial charge in [-0.25, -0.2) is 4.79 Å². The van der Waals surface area contributed by atoms with E-state index >= 15 is 0 Å². The first kappa shape index (κ1) is 25.3. The first-order chi connectivity index (χ1) is 15.2. The molecule has 0 atom stereocenters. The minimum Gasteiger partial charge on any atom is -0.383 e. The fraction of sp³-hybridized carbons (Fsp3) is 0.455. The van der Waals surface area contributed by atoms with E-state index in [-0.39, 0.29) is 24.7 Å². The van der Waals surface area contributed by atoms with Crippen molar-refractivity contribution in [2.75, 3.05) is 38.7 Å². The molecular formula is C22H29F3N4O3. The van der Waals surface area contributed by atoms with Crippen molar-refractivity contribution in [2.24, 2.45) is 7.05 Å². The maximum absolute atomic E-state index is 13.3. The molecule has 0 aliphatic heterocycles. The SMILES string of the molecule is CCCN(CC(=O)N(CCOC)Cc1cccn1C)C(=O)Nc1ccccc1C(F)(F)F. The summed E-state index contributed by atoms with van der Waals surface area (Å²) in [5.74, 6) is -0.323. The number of urea groups is 1.